The second-order valence-corrected chi connectivity index (χ2v) is 6.60. The summed E-state index contributed by atoms with van der Waals surface area (Å²) >= 11 is 6.07. The summed E-state index contributed by atoms with van der Waals surface area (Å²) in [4.78, 5) is 16.7. The Morgan fingerprint density at radius 3 is 2.56 bits per heavy atom. The maximum absolute atomic E-state index is 12.5. The van der Waals surface area contributed by atoms with Crippen LogP contribution in [0, 0.1) is 0 Å². The van der Waals surface area contributed by atoms with Crippen molar-refractivity contribution in [3.63, 3.8) is 0 Å². The molecule has 4 nitrogen and oxygen atoms in total. The Morgan fingerprint density at radius 1 is 1.08 bits per heavy atom. The van der Waals surface area contributed by atoms with Gasteiger partial charge in [-0.1, -0.05) is 35.9 Å². The van der Waals surface area contributed by atoms with Gasteiger partial charge >= 0.3 is 0 Å². The van der Waals surface area contributed by atoms with E-state index >= 15 is 0 Å². The lowest BCUT2D eigenvalue weighted by Gasteiger charge is -2.36. The van der Waals surface area contributed by atoms with Crippen LogP contribution >= 0.6 is 11.6 Å². The molecule has 0 saturated carbocycles. The van der Waals surface area contributed by atoms with Crippen molar-refractivity contribution >= 4 is 23.2 Å². The van der Waals surface area contributed by atoms with Crippen LogP contribution in [0.15, 0.2) is 48.5 Å². The van der Waals surface area contributed by atoms with Crippen LogP contribution in [0.4, 0.5) is 5.69 Å². The molecule has 3 rings (SSSR count). The number of halogens is 1. The van der Waals surface area contributed by atoms with Crippen LogP contribution in [-0.4, -0.2) is 44.1 Å². The first kappa shape index (κ1) is 17.6. The van der Waals surface area contributed by atoms with Crippen LogP contribution in [0.2, 0.25) is 5.02 Å². The van der Waals surface area contributed by atoms with E-state index in [1.807, 2.05) is 47.4 Å². The number of hydrogen-bond acceptors (Lipinski definition) is 3. The second-order valence-electron chi connectivity index (χ2n) is 6.16. The maximum atomic E-state index is 12.5. The number of carbonyl (C=O) groups excluding carboxylic acids is 1. The maximum Gasteiger partial charge on any atom is 0.223 e. The minimum atomic E-state index is 0.205. The molecule has 132 valence electrons. The molecular formula is C20H23ClN2O2. The Morgan fingerprint density at radius 2 is 1.84 bits per heavy atom. The zero-order chi connectivity index (χ0) is 17.6. The van der Waals surface area contributed by atoms with E-state index in [9.17, 15) is 4.79 Å². The molecule has 0 unspecified atom stereocenters. The highest BCUT2D eigenvalue weighted by molar-refractivity contribution is 6.30. The lowest BCUT2D eigenvalue weighted by atomic mass is 10.1. The fourth-order valence-corrected chi connectivity index (χ4v) is 3.38. The molecule has 2 aromatic rings. The van der Waals surface area contributed by atoms with Gasteiger partial charge in [0.25, 0.3) is 0 Å². The zero-order valence-electron chi connectivity index (χ0n) is 14.5. The number of anilines is 1. The molecular weight excluding hydrogens is 336 g/mol. The third kappa shape index (κ3) is 4.45. The molecule has 2 aromatic carbocycles. The molecule has 1 heterocycles. The number of benzene rings is 2. The number of ether oxygens (including phenoxy) is 1. The predicted octanol–water partition coefficient (Wildman–Crippen LogP) is 3.63. The highest BCUT2D eigenvalue weighted by Gasteiger charge is 2.21. The summed E-state index contributed by atoms with van der Waals surface area (Å²) in [6.45, 7) is 3.16. The van der Waals surface area contributed by atoms with E-state index in [-0.39, 0.29) is 5.91 Å². The molecule has 0 radical (unpaired) electrons. The predicted molar refractivity (Wildman–Crippen MR) is 102 cm³/mol. The van der Waals surface area contributed by atoms with Crippen LogP contribution in [-0.2, 0) is 11.2 Å². The Bertz CT molecular complexity index is 727. The van der Waals surface area contributed by atoms with Gasteiger partial charge in [0.2, 0.25) is 5.91 Å². The third-order valence-corrected chi connectivity index (χ3v) is 4.84. The standard InChI is InChI=1S/C20H23ClN2O2/c1-25-19-8-3-2-5-16(19)9-10-20(24)23-13-11-22(12-14-23)18-7-4-6-17(21)15-18/h2-8,15H,9-14H2,1H3. The van der Waals surface area contributed by atoms with Crippen molar-refractivity contribution in [2.45, 2.75) is 12.8 Å². The van der Waals surface area contributed by atoms with Crippen molar-refractivity contribution in [3.05, 3.63) is 59.1 Å². The molecule has 0 N–H and O–H groups in total. The molecule has 0 spiro atoms. The number of nitrogens with zero attached hydrogens (tertiary/aromatic N) is 2. The summed E-state index contributed by atoms with van der Waals surface area (Å²) in [5.74, 6) is 1.05. The molecule has 0 aromatic heterocycles. The van der Waals surface area contributed by atoms with Crippen molar-refractivity contribution < 1.29 is 9.53 Å². The molecule has 0 atom stereocenters. The van der Waals surface area contributed by atoms with Crippen LogP contribution in [0.25, 0.3) is 0 Å². The van der Waals surface area contributed by atoms with Crippen molar-refractivity contribution in [2.24, 2.45) is 0 Å². The third-order valence-electron chi connectivity index (χ3n) is 4.61. The van der Waals surface area contributed by atoms with E-state index in [2.05, 4.69) is 11.0 Å². The van der Waals surface area contributed by atoms with Gasteiger partial charge in [-0.2, -0.15) is 0 Å². The van der Waals surface area contributed by atoms with Gasteiger partial charge in [0.1, 0.15) is 5.75 Å². The van der Waals surface area contributed by atoms with Crippen molar-refractivity contribution in [2.75, 3.05) is 38.2 Å². The Kier molecular flexibility index (Phi) is 5.82. The molecule has 1 amide bonds. The summed E-state index contributed by atoms with van der Waals surface area (Å²) in [7, 11) is 1.66. The zero-order valence-corrected chi connectivity index (χ0v) is 15.2. The molecule has 0 bridgehead atoms. The van der Waals surface area contributed by atoms with Gasteiger partial charge in [-0.15, -0.1) is 0 Å². The average Bonchev–Trinajstić information content (AvgIpc) is 2.66. The topological polar surface area (TPSA) is 32.8 Å². The van der Waals surface area contributed by atoms with E-state index < -0.39 is 0 Å². The highest BCUT2D eigenvalue weighted by Crippen LogP contribution is 2.22. The fraction of sp³-hybridized carbons (Fsp3) is 0.350. The fourth-order valence-electron chi connectivity index (χ4n) is 3.20. The number of methoxy groups -OCH3 is 1. The Hall–Kier alpha value is -2.20. The van der Waals surface area contributed by atoms with Gasteiger partial charge in [-0.3, -0.25) is 4.79 Å². The van der Waals surface area contributed by atoms with Gasteiger partial charge in [-0.05, 0) is 36.2 Å². The van der Waals surface area contributed by atoms with Crippen molar-refractivity contribution in [1.29, 1.82) is 0 Å². The van der Waals surface area contributed by atoms with Crippen LogP contribution in [0.1, 0.15) is 12.0 Å². The number of carbonyl (C=O) groups is 1. The highest BCUT2D eigenvalue weighted by atomic mass is 35.5. The number of rotatable bonds is 5. The largest absolute Gasteiger partial charge is 0.496 e. The minimum absolute atomic E-state index is 0.205. The molecule has 1 saturated heterocycles. The van der Waals surface area contributed by atoms with E-state index in [1.54, 1.807) is 7.11 Å². The summed E-state index contributed by atoms with van der Waals surface area (Å²) < 4.78 is 5.35. The number of amides is 1. The second kappa shape index (κ2) is 8.26. The summed E-state index contributed by atoms with van der Waals surface area (Å²) in [5, 5.41) is 0.743. The van der Waals surface area contributed by atoms with Gasteiger partial charge in [0.05, 0.1) is 7.11 Å². The molecule has 1 aliphatic rings. The van der Waals surface area contributed by atoms with Crippen molar-refractivity contribution in [1.82, 2.24) is 4.90 Å². The normalized spacial score (nSPS) is 14.5. The number of hydrogen-bond donors (Lipinski definition) is 0. The number of aryl methyl sites for hydroxylation is 1. The molecule has 1 aliphatic heterocycles. The van der Waals surface area contributed by atoms with E-state index in [0.717, 1.165) is 48.2 Å². The molecule has 5 heteroatoms. The van der Waals surface area contributed by atoms with Crippen LogP contribution in [0.5, 0.6) is 5.75 Å². The molecule has 1 fully saturated rings. The van der Waals surface area contributed by atoms with E-state index in [4.69, 9.17) is 16.3 Å². The molecule has 25 heavy (non-hydrogen) atoms. The lowest BCUT2D eigenvalue weighted by Crippen LogP contribution is -2.48. The Labute approximate surface area is 154 Å². The van der Waals surface area contributed by atoms with Gasteiger partial charge in [0.15, 0.2) is 0 Å². The first-order valence-electron chi connectivity index (χ1n) is 8.57. The van der Waals surface area contributed by atoms with Crippen molar-refractivity contribution in [3.8, 4) is 5.75 Å². The van der Waals surface area contributed by atoms with E-state index in [0.29, 0.717) is 12.8 Å². The average molecular weight is 359 g/mol. The van der Waals surface area contributed by atoms with Gasteiger partial charge < -0.3 is 14.5 Å². The quantitative estimate of drug-likeness (QED) is 0.818. The first-order valence-corrected chi connectivity index (χ1v) is 8.95. The van der Waals surface area contributed by atoms with Gasteiger partial charge in [0, 0.05) is 43.3 Å². The molecule has 0 aliphatic carbocycles. The van der Waals surface area contributed by atoms with Gasteiger partial charge in [-0.25, -0.2) is 0 Å². The minimum Gasteiger partial charge on any atom is -0.496 e. The Balaban J connectivity index is 1.51. The summed E-state index contributed by atoms with van der Waals surface area (Å²) in [6, 6.07) is 15.7. The number of para-hydroxylation sites is 1. The smallest absolute Gasteiger partial charge is 0.223 e. The monoisotopic (exact) mass is 358 g/mol. The lowest BCUT2D eigenvalue weighted by molar-refractivity contribution is -0.131. The summed E-state index contributed by atoms with van der Waals surface area (Å²) in [5.41, 5.74) is 2.20. The first-order chi connectivity index (χ1) is 12.2. The SMILES string of the molecule is COc1ccccc1CCC(=O)N1CCN(c2cccc(Cl)c2)CC1. The number of piperazine rings is 1. The van der Waals surface area contributed by atoms with E-state index in [1.165, 1.54) is 0 Å². The van der Waals surface area contributed by atoms with Crippen LogP contribution in [0.3, 0.4) is 0 Å². The van der Waals surface area contributed by atoms with Crippen LogP contribution < -0.4 is 9.64 Å². The summed E-state index contributed by atoms with van der Waals surface area (Å²) in [6.07, 6.45) is 1.22.